The summed E-state index contributed by atoms with van der Waals surface area (Å²) in [5.74, 6) is -1.90. The lowest BCUT2D eigenvalue weighted by molar-refractivity contribution is -0.569. The molecule has 3 aromatic heterocycles. The van der Waals surface area contributed by atoms with Gasteiger partial charge in [0.1, 0.15) is 17.0 Å². The normalized spacial score (nSPS) is 20.7. The monoisotopic (exact) mass is 563 g/mol. The summed E-state index contributed by atoms with van der Waals surface area (Å²) in [4.78, 5) is 24.9. The zero-order valence-electron chi connectivity index (χ0n) is 23.5. The number of nitrogens with zero attached hydrogens (tertiary/aromatic N) is 5. The smallest absolute Gasteiger partial charge is 0.442 e. The van der Waals surface area contributed by atoms with E-state index in [1.165, 1.54) is 6.42 Å². The van der Waals surface area contributed by atoms with Crippen molar-refractivity contribution in [3.8, 4) is 16.9 Å². The van der Waals surface area contributed by atoms with Gasteiger partial charge in [-0.3, -0.25) is 4.98 Å². The van der Waals surface area contributed by atoms with Gasteiger partial charge in [-0.15, -0.1) is 4.57 Å². The molecule has 4 heterocycles. The zero-order chi connectivity index (χ0) is 29.2. The molecule has 0 N–H and O–H groups in total. The maximum atomic E-state index is 15.9. The van der Waals surface area contributed by atoms with Crippen molar-refractivity contribution in [2.75, 3.05) is 11.4 Å². The Bertz CT molecular complexity index is 1720. The Labute approximate surface area is 235 Å². The first-order valence-electron chi connectivity index (χ1n) is 14.1. The van der Waals surface area contributed by atoms with Crippen LogP contribution in [0.5, 0.6) is 0 Å². The van der Waals surface area contributed by atoms with Crippen LogP contribution in [0.3, 0.4) is 0 Å². The summed E-state index contributed by atoms with van der Waals surface area (Å²) >= 11 is 0. The molecular formula is C31H32F3N5O2. The summed E-state index contributed by atoms with van der Waals surface area (Å²) in [5.41, 5.74) is -1.13. The molecule has 4 aromatic rings. The summed E-state index contributed by atoms with van der Waals surface area (Å²) in [5, 5.41) is 14.3. The average molecular weight is 564 g/mol. The summed E-state index contributed by atoms with van der Waals surface area (Å²) in [6.07, 6.45) is 5.61. The standard InChI is InChI=1S/C31H32F3N5O2/c1-16(2)26-27(17(3)10-12-35-26)38-30-21(15-24(34)28(39(30)41)25-22(32)6-5-7-23(25)33)29(36-31(38)40)37-13-11-20-14-19(20)9-8-18(37)4/h5-7,10,12,15-16,18-20H,8-9,11,13-14H2,1-4H3/t18-,19-,20?/m0/s1. The molecule has 2 aliphatic rings. The molecule has 10 heteroatoms. The predicted octanol–water partition coefficient (Wildman–Crippen LogP) is 5.95. The fourth-order valence-corrected chi connectivity index (χ4v) is 6.36. The number of benzene rings is 1. The number of hydrogen-bond donors (Lipinski definition) is 0. The molecule has 1 aliphatic heterocycles. The molecule has 1 saturated heterocycles. The van der Waals surface area contributed by atoms with E-state index < -0.39 is 34.4 Å². The highest BCUT2D eigenvalue weighted by atomic mass is 19.1. The van der Waals surface area contributed by atoms with E-state index in [1.54, 1.807) is 19.2 Å². The lowest BCUT2D eigenvalue weighted by atomic mass is 10.0. The van der Waals surface area contributed by atoms with E-state index in [4.69, 9.17) is 0 Å². The van der Waals surface area contributed by atoms with Crippen LogP contribution in [0.25, 0.3) is 28.0 Å². The number of aromatic nitrogens is 4. The van der Waals surface area contributed by atoms with Crippen molar-refractivity contribution in [3.63, 3.8) is 0 Å². The Kier molecular flexibility index (Phi) is 6.74. The molecule has 7 nitrogen and oxygen atoms in total. The van der Waals surface area contributed by atoms with Gasteiger partial charge < -0.3 is 10.1 Å². The maximum absolute atomic E-state index is 15.9. The van der Waals surface area contributed by atoms with Gasteiger partial charge in [0.15, 0.2) is 23.0 Å². The molecule has 0 spiro atoms. The Hall–Kier alpha value is -3.95. The van der Waals surface area contributed by atoms with Crippen molar-refractivity contribution in [1.82, 2.24) is 14.5 Å². The molecule has 0 amide bonds. The molecule has 0 bridgehead atoms. The molecule has 3 atom stereocenters. The maximum Gasteiger partial charge on any atom is 0.442 e. The molecular weight excluding hydrogens is 531 g/mol. The quantitative estimate of drug-likeness (QED) is 0.227. The molecule has 2 fully saturated rings. The Balaban J connectivity index is 1.72. The number of fused-ring (bicyclic) bond motifs is 2. The number of aryl methyl sites for hydroxylation is 1. The van der Waals surface area contributed by atoms with Crippen LogP contribution < -0.4 is 15.3 Å². The van der Waals surface area contributed by atoms with Gasteiger partial charge in [-0.05, 0) is 87.1 Å². The molecule has 6 rings (SSSR count). The Morgan fingerprint density at radius 3 is 2.46 bits per heavy atom. The third-order valence-corrected chi connectivity index (χ3v) is 8.67. The highest BCUT2D eigenvalue weighted by Gasteiger charge is 2.40. The van der Waals surface area contributed by atoms with Gasteiger partial charge in [-0.25, -0.2) is 22.7 Å². The largest absolute Gasteiger partial charge is 0.710 e. The SMILES string of the molecule is Cc1ccnc(C(C)C)c1-n1c(=O)nc(N2CCC3C[C@@H]3CC[C@@H]2C)c2cc(F)c(-c3c(F)cccc3F)[n+]([O-])c21. The van der Waals surface area contributed by atoms with Crippen LogP contribution in [0.4, 0.5) is 19.0 Å². The Morgan fingerprint density at radius 1 is 1.05 bits per heavy atom. The van der Waals surface area contributed by atoms with Crippen LogP contribution in [0.2, 0.25) is 0 Å². The highest BCUT2D eigenvalue weighted by molar-refractivity contribution is 5.88. The number of hydrogen-bond acceptors (Lipinski definition) is 5. The number of halogens is 3. The molecule has 0 radical (unpaired) electrons. The minimum atomic E-state index is -1.11. The van der Waals surface area contributed by atoms with Gasteiger partial charge >= 0.3 is 11.3 Å². The van der Waals surface area contributed by atoms with Gasteiger partial charge in [0.2, 0.25) is 0 Å². The van der Waals surface area contributed by atoms with Crippen LogP contribution in [0, 0.1) is 41.4 Å². The van der Waals surface area contributed by atoms with Crippen molar-refractivity contribution in [3.05, 3.63) is 80.9 Å². The minimum absolute atomic E-state index is 0.0132. The van der Waals surface area contributed by atoms with Crippen LogP contribution in [0.1, 0.15) is 63.6 Å². The summed E-state index contributed by atoms with van der Waals surface area (Å²) in [6.45, 7) is 8.21. The van der Waals surface area contributed by atoms with E-state index in [-0.39, 0.29) is 33.5 Å². The van der Waals surface area contributed by atoms with Crippen LogP contribution in [0.15, 0.2) is 41.3 Å². The van der Waals surface area contributed by atoms with Crippen molar-refractivity contribution < 1.29 is 17.9 Å². The summed E-state index contributed by atoms with van der Waals surface area (Å²) < 4.78 is 47.0. The van der Waals surface area contributed by atoms with Gasteiger partial charge in [0.25, 0.3) is 0 Å². The van der Waals surface area contributed by atoms with E-state index in [0.717, 1.165) is 54.0 Å². The third-order valence-electron chi connectivity index (χ3n) is 8.67. The number of anilines is 1. The fraction of sp³-hybridized carbons (Fsp3) is 0.419. The van der Waals surface area contributed by atoms with Gasteiger partial charge in [-0.1, -0.05) is 19.9 Å². The lowest BCUT2D eigenvalue weighted by Crippen LogP contribution is -2.42. The van der Waals surface area contributed by atoms with Gasteiger partial charge in [-0.2, -0.15) is 4.98 Å². The van der Waals surface area contributed by atoms with Crippen LogP contribution in [-0.4, -0.2) is 27.1 Å². The van der Waals surface area contributed by atoms with Crippen molar-refractivity contribution in [2.45, 2.75) is 65.3 Å². The molecule has 214 valence electrons. The minimum Gasteiger partial charge on any atom is -0.710 e. The summed E-state index contributed by atoms with van der Waals surface area (Å²) in [6, 6.07) is 5.83. The predicted molar refractivity (Wildman–Crippen MR) is 150 cm³/mol. The number of rotatable bonds is 4. The second-order valence-electron chi connectivity index (χ2n) is 11.7. The Morgan fingerprint density at radius 2 is 1.76 bits per heavy atom. The second-order valence-corrected chi connectivity index (χ2v) is 11.7. The first-order valence-corrected chi connectivity index (χ1v) is 14.1. The topological polar surface area (TPSA) is 78.0 Å². The van der Waals surface area contributed by atoms with Crippen molar-refractivity contribution >= 4 is 16.9 Å². The second kappa shape index (κ2) is 10.2. The van der Waals surface area contributed by atoms with Gasteiger partial charge in [0.05, 0.1) is 11.3 Å². The van der Waals surface area contributed by atoms with E-state index in [0.29, 0.717) is 29.4 Å². The van der Waals surface area contributed by atoms with Crippen molar-refractivity contribution in [2.24, 2.45) is 11.8 Å². The average Bonchev–Trinajstić information content (AvgIpc) is 3.66. The fourth-order valence-electron chi connectivity index (χ4n) is 6.36. The lowest BCUT2D eigenvalue weighted by Gasteiger charge is -2.32. The highest BCUT2D eigenvalue weighted by Crippen LogP contribution is 2.47. The molecule has 1 saturated carbocycles. The first kappa shape index (κ1) is 27.2. The first-order chi connectivity index (χ1) is 19.6. The zero-order valence-corrected chi connectivity index (χ0v) is 23.5. The van der Waals surface area contributed by atoms with E-state index in [9.17, 15) is 18.8 Å². The molecule has 41 heavy (non-hydrogen) atoms. The molecule has 1 aliphatic carbocycles. The molecule has 1 aromatic carbocycles. The van der Waals surface area contributed by atoms with E-state index in [2.05, 4.69) is 9.97 Å². The number of pyridine rings is 2. The van der Waals surface area contributed by atoms with Crippen LogP contribution >= 0.6 is 0 Å². The summed E-state index contributed by atoms with van der Waals surface area (Å²) in [7, 11) is 0. The van der Waals surface area contributed by atoms with Gasteiger partial charge in [0, 0.05) is 18.8 Å². The van der Waals surface area contributed by atoms with E-state index in [1.807, 2.05) is 25.7 Å². The van der Waals surface area contributed by atoms with Crippen molar-refractivity contribution in [1.29, 1.82) is 0 Å². The molecule has 1 unspecified atom stereocenters. The third kappa shape index (κ3) is 4.53. The van der Waals surface area contributed by atoms with E-state index >= 15 is 4.39 Å². The van der Waals surface area contributed by atoms with Crippen LogP contribution in [-0.2, 0) is 0 Å².